The van der Waals surface area contributed by atoms with E-state index in [1.807, 2.05) is 0 Å². The monoisotopic (exact) mass is 306 g/mol. The molecule has 1 aromatic carbocycles. The zero-order valence-corrected chi connectivity index (χ0v) is 12.9. The number of methoxy groups -OCH3 is 1. The molecule has 0 aromatic heterocycles. The highest BCUT2D eigenvalue weighted by Crippen LogP contribution is 2.37. The van der Waals surface area contributed by atoms with Crippen LogP contribution >= 0.6 is 11.6 Å². The van der Waals surface area contributed by atoms with E-state index in [-0.39, 0.29) is 5.91 Å². The molecular formula is C16H19ClN2O2. The first kappa shape index (κ1) is 15.7. The van der Waals surface area contributed by atoms with Crippen molar-refractivity contribution in [1.82, 2.24) is 0 Å². The smallest absolute Gasteiger partial charge is 0.244 e. The third kappa shape index (κ3) is 3.48. The molecule has 0 saturated heterocycles. The van der Waals surface area contributed by atoms with Crippen LogP contribution in [0.15, 0.2) is 18.2 Å². The molecule has 1 saturated carbocycles. The van der Waals surface area contributed by atoms with E-state index in [0.29, 0.717) is 29.3 Å². The number of anilines is 1. The summed E-state index contributed by atoms with van der Waals surface area (Å²) in [5.74, 6) is 0.280. The van der Waals surface area contributed by atoms with Gasteiger partial charge >= 0.3 is 0 Å². The first-order valence-corrected chi connectivity index (χ1v) is 7.55. The van der Waals surface area contributed by atoms with Gasteiger partial charge < -0.3 is 10.1 Å². The Kier molecular flexibility index (Phi) is 5.08. The molecular weight excluding hydrogens is 288 g/mol. The average Bonchev–Trinajstić information content (AvgIpc) is 2.74. The molecule has 1 aliphatic rings. The maximum Gasteiger partial charge on any atom is 0.244 e. The second-order valence-electron chi connectivity index (χ2n) is 5.41. The van der Waals surface area contributed by atoms with Gasteiger partial charge in [-0.3, -0.25) is 4.79 Å². The van der Waals surface area contributed by atoms with E-state index in [1.165, 1.54) is 7.11 Å². The standard InChI is InChI=1S/C16H19ClN2O2/c1-21-14-7-6-12(17)10-13(14)19-15(20)16(11-18)8-4-2-3-5-9-16/h6-7,10H,2-5,8-9H2,1H3,(H,19,20). The molecule has 2 rings (SSSR count). The molecule has 112 valence electrons. The Labute approximate surface area is 130 Å². The number of carbonyl (C=O) groups is 1. The van der Waals surface area contributed by atoms with Crippen LogP contribution in [0.5, 0.6) is 5.75 Å². The van der Waals surface area contributed by atoms with Gasteiger partial charge in [-0.15, -0.1) is 0 Å². The summed E-state index contributed by atoms with van der Waals surface area (Å²) < 4.78 is 5.22. The van der Waals surface area contributed by atoms with Gasteiger partial charge in [0.05, 0.1) is 18.9 Å². The van der Waals surface area contributed by atoms with Gasteiger partial charge in [0.2, 0.25) is 5.91 Å². The number of rotatable bonds is 3. The summed E-state index contributed by atoms with van der Waals surface area (Å²) in [7, 11) is 1.53. The largest absolute Gasteiger partial charge is 0.495 e. The third-order valence-corrected chi connectivity index (χ3v) is 4.25. The number of ether oxygens (including phenoxy) is 1. The van der Waals surface area contributed by atoms with Gasteiger partial charge in [-0.2, -0.15) is 5.26 Å². The number of nitrogens with one attached hydrogen (secondary N) is 1. The van der Waals surface area contributed by atoms with Crippen molar-refractivity contribution in [2.45, 2.75) is 38.5 Å². The van der Waals surface area contributed by atoms with Gasteiger partial charge in [0.25, 0.3) is 0 Å². The summed E-state index contributed by atoms with van der Waals surface area (Å²) >= 11 is 5.97. The number of nitriles is 1. The topological polar surface area (TPSA) is 62.1 Å². The van der Waals surface area contributed by atoms with Crippen LogP contribution in [-0.2, 0) is 4.79 Å². The molecule has 21 heavy (non-hydrogen) atoms. The van der Waals surface area contributed by atoms with E-state index in [1.54, 1.807) is 18.2 Å². The van der Waals surface area contributed by atoms with Gasteiger partial charge in [0, 0.05) is 5.02 Å². The van der Waals surface area contributed by atoms with Crippen molar-refractivity contribution in [2.75, 3.05) is 12.4 Å². The molecule has 4 nitrogen and oxygen atoms in total. The highest BCUT2D eigenvalue weighted by molar-refractivity contribution is 6.31. The normalized spacial score (nSPS) is 17.4. The van der Waals surface area contributed by atoms with E-state index in [0.717, 1.165) is 25.7 Å². The number of amides is 1. The summed E-state index contributed by atoms with van der Waals surface area (Å²) in [6, 6.07) is 7.28. The van der Waals surface area contributed by atoms with Crippen LogP contribution < -0.4 is 10.1 Å². The number of carbonyl (C=O) groups excluding carboxylic acids is 1. The lowest BCUT2D eigenvalue weighted by molar-refractivity contribution is -0.123. The van der Waals surface area contributed by atoms with E-state index < -0.39 is 5.41 Å². The van der Waals surface area contributed by atoms with Crippen molar-refractivity contribution in [3.05, 3.63) is 23.2 Å². The Hall–Kier alpha value is -1.73. The number of halogens is 1. The maximum absolute atomic E-state index is 12.6. The summed E-state index contributed by atoms with van der Waals surface area (Å²) in [5, 5.41) is 12.9. The predicted molar refractivity (Wildman–Crippen MR) is 82.4 cm³/mol. The van der Waals surface area contributed by atoms with E-state index >= 15 is 0 Å². The highest BCUT2D eigenvalue weighted by Gasteiger charge is 2.39. The number of benzene rings is 1. The minimum absolute atomic E-state index is 0.257. The molecule has 0 spiro atoms. The van der Waals surface area contributed by atoms with Crippen LogP contribution in [0.1, 0.15) is 38.5 Å². The summed E-state index contributed by atoms with van der Waals surface area (Å²) in [6.07, 6.45) is 5.20. The van der Waals surface area contributed by atoms with E-state index in [4.69, 9.17) is 16.3 Å². The van der Waals surface area contributed by atoms with Crippen molar-refractivity contribution < 1.29 is 9.53 Å². The number of hydrogen-bond acceptors (Lipinski definition) is 3. The first-order valence-electron chi connectivity index (χ1n) is 7.17. The molecule has 1 aliphatic carbocycles. The SMILES string of the molecule is COc1ccc(Cl)cc1NC(=O)C1(C#N)CCCCCC1. The van der Waals surface area contributed by atoms with Gasteiger partial charge in [-0.1, -0.05) is 37.3 Å². The van der Waals surface area contributed by atoms with Crippen molar-refractivity contribution >= 4 is 23.2 Å². The van der Waals surface area contributed by atoms with Crippen LogP contribution in [0.3, 0.4) is 0 Å². The Morgan fingerprint density at radius 2 is 2.00 bits per heavy atom. The van der Waals surface area contributed by atoms with Gasteiger partial charge in [0.15, 0.2) is 0 Å². The number of nitrogens with zero attached hydrogens (tertiary/aromatic N) is 1. The molecule has 1 aromatic rings. The Morgan fingerprint density at radius 1 is 1.33 bits per heavy atom. The van der Waals surface area contributed by atoms with Gasteiger partial charge in [-0.25, -0.2) is 0 Å². The molecule has 0 bridgehead atoms. The van der Waals surface area contributed by atoms with Crippen LogP contribution in [0.4, 0.5) is 5.69 Å². The van der Waals surface area contributed by atoms with Gasteiger partial charge in [0.1, 0.15) is 11.2 Å². The van der Waals surface area contributed by atoms with Crippen molar-refractivity contribution in [3.63, 3.8) is 0 Å². The molecule has 0 heterocycles. The van der Waals surface area contributed by atoms with Crippen molar-refractivity contribution in [1.29, 1.82) is 5.26 Å². The average molecular weight is 307 g/mol. The lowest BCUT2D eigenvalue weighted by Crippen LogP contribution is -2.34. The summed E-state index contributed by atoms with van der Waals surface area (Å²) in [4.78, 5) is 12.6. The van der Waals surface area contributed by atoms with Crippen LogP contribution in [0.2, 0.25) is 5.02 Å². The lowest BCUT2D eigenvalue weighted by atomic mass is 9.81. The second-order valence-corrected chi connectivity index (χ2v) is 5.84. The second kappa shape index (κ2) is 6.82. The molecule has 0 atom stereocenters. The summed E-state index contributed by atoms with van der Waals surface area (Å²) in [5.41, 5.74) is -0.432. The van der Waals surface area contributed by atoms with Crippen molar-refractivity contribution in [3.8, 4) is 11.8 Å². The Bertz CT molecular complexity index is 558. The minimum Gasteiger partial charge on any atom is -0.495 e. The maximum atomic E-state index is 12.6. The molecule has 0 unspecified atom stereocenters. The van der Waals surface area contributed by atoms with Crippen molar-refractivity contribution in [2.24, 2.45) is 5.41 Å². The zero-order valence-electron chi connectivity index (χ0n) is 12.1. The third-order valence-electron chi connectivity index (χ3n) is 4.02. The fraction of sp³-hybridized carbons (Fsp3) is 0.500. The molecule has 0 aliphatic heterocycles. The highest BCUT2D eigenvalue weighted by atomic mass is 35.5. The predicted octanol–water partition coefficient (Wildman–Crippen LogP) is 4.15. The van der Waals surface area contributed by atoms with Crippen LogP contribution in [0, 0.1) is 16.7 Å². The molecule has 1 amide bonds. The summed E-state index contributed by atoms with van der Waals surface area (Å²) in [6.45, 7) is 0. The van der Waals surface area contributed by atoms with Gasteiger partial charge in [-0.05, 0) is 31.0 Å². The molecule has 1 N–H and O–H groups in total. The minimum atomic E-state index is -0.941. The molecule has 0 radical (unpaired) electrons. The van der Waals surface area contributed by atoms with Crippen LogP contribution in [0.25, 0.3) is 0 Å². The quantitative estimate of drug-likeness (QED) is 0.853. The first-order chi connectivity index (χ1) is 10.1. The molecule has 5 heteroatoms. The number of hydrogen-bond donors (Lipinski definition) is 1. The fourth-order valence-electron chi connectivity index (χ4n) is 2.74. The zero-order chi connectivity index (χ0) is 15.3. The van der Waals surface area contributed by atoms with Crippen LogP contribution in [-0.4, -0.2) is 13.0 Å². The Balaban J connectivity index is 2.23. The fourth-order valence-corrected chi connectivity index (χ4v) is 2.91. The van der Waals surface area contributed by atoms with E-state index in [2.05, 4.69) is 11.4 Å². The van der Waals surface area contributed by atoms with E-state index in [9.17, 15) is 10.1 Å². The Morgan fingerprint density at radius 3 is 2.57 bits per heavy atom. The lowest BCUT2D eigenvalue weighted by Gasteiger charge is -2.24. The molecule has 1 fully saturated rings.